The molecular formula is C27H22N4O2. The predicted molar refractivity (Wildman–Crippen MR) is 132 cm³/mol. The third kappa shape index (κ3) is 4.14. The molecule has 0 spiro atoms. The van der Waals surface area contributed by atoms with Crippen LogP contribution >= 0.6 is 0 Å². The highest BCUT2D eigenvalue weighted by atomic mass is 16.5. The third-order valence-corrected chi connectivity index (χ3v) is 5.49. The Labute approximate surface area is 191 Å². The summed E-state index contributed by atoms with van der Waals surface area (Å²) in [6.45, 7) is 0. The van der Waals surface area contributed by atoms with Gasteiger partial charge in [0.15, 0.2) is 0 Å². The topological polar surface area (TPSA) is 93.0 Å². The monoisotopic (exact) mass is 434 g/mol. The highest BCUT2D eigenvalue weighted by molar-refractivity contribution is 6.05. The van der Waals surface area contributed by atoms with Gasteiger partial charge in [-0.1, -0.05) is 24.3 Å². The molecule has 6 heteroatoms. The standard InChI is InChI=1S/C27H22N4O2/c1-33-25-15-10-19(16-22(25)17-6-11-20(28)12-7-17)27(32)29-21-13-8-18(9-14-21)26-30-23-4-2-3-5-24(23)31-26/h2-16H,28H2,1H3,(H,29,32)(H,30,31). The number of nitrogens with two attached hydrogens (primary N) is 1. The van der Waals surface area contributed by atoms with E-state index < -0.39 is 0 Å². The largest absolute Gasteiger partial charge is 0.496 e. The van der Waals surface area contributed by atoms with Crippen LogP contribution < -0.4 is 15.8 Å². The van der Waals surface area contributed by atoms with Crippen LogP contribution in [-0.2, 0) is 0 Å². The summed E-state index contributed by atoms with van der Waals surface area (Å²) in [6.07, 6.45) is 0. The Balaban J connectivity index is 1.37. The van der Waals surface area contributed by atoms with Crippen LogP contribution in [0.2, 0.25) is 0 Å². The summed E-state index contributed by atoms with van der Waals surface area (Å²) in [5.41, 5.74) is 12.3. The Morgan fingerprint density at radius 2 is 1.64 bits per heavy atom. The number of hydrogen-bond acceptors (Lipinski definition) is 4. The van der Waals surface area contributed by atoms with Crippen molar-refractivity contribution in [3.05, 3.63) is 96.6 Å². The summed E-state index contributed by atoms with van der Waals surface area (Å²) < 4.78 is 5.49. The molecule has 0 fully saturated rings. The second-order valence-corrected chi connectivity index (χ2v) is 7.67. The van der Waals surface area contributed by atoms with Gasteiger partial charge in [0.25, 0.3) is 5.91 Å². The van der Waals surface area contributed by atoms with Crippen LogP contribution in [0.1, 0.15) is 10.4 Å². The van der Waals surface area contributed by atoms with Crippen molar-refractivity contribution in [3.63, 3.8) is 0 Å². The Kier molecular flexibility index (Phi) is 5.24. The van der Waals surface area contributed by atoms with E-state index in [9.17, 15) is 4.79 Å². The fraction of sp³-hybridized carbons (Fsp3) is 0.0370. The lowest BCUT2D eigenvalue weighted by atomic mass is 10.0. The second-order valence-electron chi connectivity index (χ2n) is 7.67. The Morgan fingerprint density at radius 3 is 2.36 bits per heavy atom. The van der Waals surface area contributed by atoms with E-state index in [1.165, 1.54) is 0 Å². The van der Waals surface area contributed by atoms with Crippen LogP contribution in [0.25, 0.3) is 33.5 Å². The molecule has 1 amide bonds. The van der Waals surface area contributed by atoms with Gasteiger partial charge in [-0.05, 0) is 72.3 Å². The van der Waals surface area contributed by atoms with E-state index in [0.29, 0.717) is 22.7 Å². The SMILES string of the molecule is COc1ccc(C(=O)Nc2ccc(-c3nc4ccccc4[nH]3)cc2)cc1-c1ccc(N)cc1. The zero-order valence-electron chi connectivity index (χ0n) is 18.0. The number of para-hydroxylation sites is 2. The first-order valence-corrected chi connectivity index (χ1v) is 10.5. The van der Waals surface area contributed by atoms with E-state index in [4.69, 9.17) is 10.5 Å². The number of amides is 1. The quantitative estimate of drug-likeness (QED) is 0.308. The number of methoxy groups -OCH3 is 1. The molecule has 162 valence electrons. The summed E-state index contributed by atoms with van der Waals surface area (Å²) >= 11 is 0. The molecule has 5 rings (SSSR count). The third-order valence-electron chi connectivity index (χ3n) is 5.49. The van der Waals surface area contributed by atoms with E-state index in [1.807, 2.05) is 78.9 Å². The average molecular weight is 434 g/mol. The predicted octanol–water partition coefficient (Wildman–Crippen LogP) is 5.74. The zero-order chi connectivity index (χ0) is 22.8. The molecule has 1 aromatic heterocycles. The molecule has 1 heterocycles. The molecule has 4 N–H and O–H groups in total. The van der Waals surface area contributed by atoms with Crippen molar-refractivity contribution < 1.29 is 9.53 Å². The maximum Gasteiger partial charge on any atom is 0.255 e. The van der Waals surface area contributed by atoms with Gasteiger partial charge in [-0.2, -0.15) is 0 Å². The highest BCUT2D eigenvalue weighted by Gasteiger charge is 2.13. The number of H-pyrrole nitrogens is 1. The van der Waals surface area contributed by atoms with Crippen LogP contribution in [0, 0.1) is 0 Å². The van der Waals surface area contributed by atoms with Gasteiger partial charge in [0.1, 0.15) is 11.6 Å². The molecule has 0 radical (unpaired) electrons. The van der Waals surface area contributed by atoms with Crippen molar-refractivity contribution in [2.75, 3.05) is 18.2 Å². The fourth-order valence-electron chi connectivity index (χ4n) is 3.74. The van der Waals surface area contributed by atoms with E-state index in [2.05, 4.69) is 15.3 Å². The molecule has 0 saturated carbocycles. The molecule has 0 aliphatic heterocycles. The average Bonchev–Trinajstić information content (AvgIpc) is 3.29. The number of imidazole rings is 1. The van der Waals surface area contributed by atoms with Gasteiger partial charge in [-0.15, -0.1) is 0 Å². The Morgan fingerprint density at radius 1 is 0.909 bits per heavy atom. The van der Waals surface area contributed by atoms with Gasteiger partial charge in [0.2, 0.25) is 0 Å². The minimum atomic E-state index is -0.203. The van der Waals surface area contributed by atoms with Crippen molar-refractivity contribution in [2.24, 2.45) is 0 Å². The fourth-order valence-corrected chi connectivity index (χ4v) is 3.74. The van der Waals surface area contributed by atoms with Crippen LogP contribution in [-0.4, -0.2) is 23.0 Å². The van der Waals surface area contributed by atoms with Gasteiger partial charge < -0.3 is 20.8 Å². The van der Waals surface area contributed by atoms with Crippen molar-refractivity contribution in [1.82, 2.24) is 9.97 Å². The molecule has 0 bridgehead atoms. The minimum Gasteiger partial charge on any atom is -0.496 e. The molecule has 0 unspecified atom stereocenters. The number of aromatic nitrogens is 2. The maximum absolute atomic E-state index is 12.9. The Bertz CT molecular complexity index is 1400. The molecular weight excluding hydrogens is 412 g/mol. The highest BCUT2D eigenvalue weighted by Crippen LogP contribution is 2.32. The van der Waals surface area contributed by atoms with E-state index in [0.717, 1.165) is 33.5 Å². The molecule has 0 aliphatic carbocycles. The molecule has 5 aromatic rings. The van der Waals surface area contributed by atoms with Crippen molar-refractivity contribution >= 4 is 28.3 Å². The van der Waals surface area contributed by atoms with Gasteiger partial charge >= 0.3 is 0 Å². The smallest absolute Gasteiger partial charge is 0.255 e. The number of ether oxygens (including phenoxy) is 1. The second kappa shape index (κ2) is 8.51. The number of rotatable bonds is 5. The number of nitrogens with zero attached hydrogens (tertiary/aromatic N) is 1. The number of carbonyl (C=O) groups is 1. The van der Waals surface area contributed by atoms with Crippen molar-refractivity contribution in [2.45, 2.75) is 0 Å². The number of benzene rings is 4. The van der Waals surface area contributed by atoms with Crippen LogP contribution in [0.15, 0.2) is 91.0 Å². The first-order valence-electron chi connectivity index (χ1n) is 10.5. The molecule has 0 aliphatic rings. The van der Waals surface area contributed by atoms with E-state index >= 15 is 0 Å². The number of nitrogen functional groups attached to an aromatic ring is 1. The van der Waals surface area contributed by atoms with E-state index in [1.54, 1.807) is 19.2 Å². The summed E-state index contributed by atoms with van der Waals surface area (Å²) in [6, 6.07) is 28.3. The molecule has 0 saturated heterocycles. The van der Waals surface area contributed by atoms with Gasteiger partial charge in [0.05, 0.1) is 18.1 Å². The lowest BCUT2D eigenvalue weighted by molar-refractivity contribution is 0.102. The van der Waals surface area contributed by atoms with Crippen LogP contribution in [0.3, 0.4) is 0 Å². The number of nitrogens with one attached hydrogen (secondary N) is 2. The number of carbonyl (C=O) groups excluding carboxylic acids is 1. The molecule has 4 aromatic carbocycles. The Hall–Kier alpha value is -4.58. The van der Waals surface area contributed by atoms with Crippen molar-refractivity contribution in [1.29, 1.82) is 0 Å². The first-order chi connectivity index (χ1) is 16.1. The molecule has 6 nitrogen and oxygen atoms in total. The number of fused-ring (bicyclic) bond motifs is 1. The minimum absolute atomic E-state index is 0.203. The van der Waals surface area contributed by atoms with Gasteiger partial charge in [0, 0.05) is 28.1 Å². The van der Waals surface area contributed by atoms with Gasteiger partial charge in [-0.3, -0.25) is 4.79 Å². The van der Waals surface area contributed by atoms with Gasteiger partial charge in [-0.25, -0.2) is 4.98 Å². The van der Waals surface area contributed by atoms with Crippen LogP contribution in [0.4, 0.5) is 11.4 Å². The lowest BCUT2D eigenvalue weighted by Crippen LogP contribution is -2.12. The van der Waals surface area contributed by atoms with Crippen LogP contribution in [0.5, 0.6) is 5.75 Å². The molecule has 33 heavy (non-hydrogen) atoms. The zero-order valence-corrected chi connectivity index (χ0v) is 18.0. The molecule has 0 atom stereocenters. The first kappa shape index (κ1) is 20.3. The van der Waals surface area contributed by atoms with Crippen molar-refractivity contribution in [3.8, 4) is 28.3 Å². The number of aromatic amines is 1. The summed E-state index contributed by atoms with van der Waals surface area (Å²) in [5.74, 6) is 1.27. The summed E-state index contributed by atoms with van der Waals surface area (Å²) in [5, 5.41) is 2.96. The lowest BCUT2D eigenvalue weighted by Gasteiger charge is -2.12. The number of anilines is 2. The summed E-state index contributed by atoms with van der Waals surface area (Å²) in [7, 11) is 1.61. The maximum atomic E-state index is 12.9. The van der Waals surface area contributed by atoms with E-state index in [-0.39, 0.29) is 5.91 Å². The number of hydrogen-bond donors (Lipinski definition) is 3. The normalized spacial score (nSPS) is 10.8. The summed E-state index contributed by atoms with van der Waals surface area (Å²) in [4.78, 5) is 20.9.